The van der Waals surface area contributed by atoms with Crippen LogP contribution in [0.15, 0.2) is 0 Å². The van der Waals surface area contributed by atoms with E-state index in [0.717, 1.165) is 0 Å². The summed E-state index contributed by atoms with van der Waals surface area (Å²) in [6.07, 6.45) is -2.26. The lowest BCUT2D eigenvalue weighted by molar-refractivity contribution is -0.165. The molecule has 0 heterocycles. The first kappa shape index (κ1) is 12.8. The summed E-state index contributed by atoms with van der Waals surface area (Å²) in [6.45, 7) is -0.624. The van der Waals surface area contributed by atoms with Crippen LogP contribution in [0.2, 0.25) is 0 Å². The molecule has 0 bridgehead atoms. The number of hydrogen-bond acceptors (Lipinski definition) is 4. The van der Waals surface area contributed by atoms with Gasteiger partial charge in [-0.15, -0.1) is 0 Å². The molecule has 0 amide bonds. The third-order valence-electron chi connectivity index (χ3n) is 0.835. The van der Waals surface area contributed by atoms with Gasteiger partial charge >= 0.3 is 11.9 Å². The molecule has 0 saturated carbocycles. The van der Waals surface area contributed by atoms with Crippen molar-refractivity contribution in [1.29, 1.82) is 0 Å². The van der Waals surface area contributed by atoms with E-state index in [-0.39, 0.29) is 0 Å². The average Bonchev–Trinajstić information content (AvgIpc) is 1.97. The number of hydrogen-bond donors (Lipinski definition) is 2. The molecule has 0 radical (unpaired) electrons. The van der Waals surface area contributed by atoms with Gasteiger partial charge in [0.15, 0.2) is 0 Å². The number of aliphatic hydroxyl groups is 1. The third kappa shape index (κ3) is 5.93. The maximum Gasteiger partial charge on any atom is 0.346 e. The summed E-state index contributed by atoms with van der Waals surface area (Å²) < 4.78 is 2.34. The Morgan fingerprint density at radius 1 is 1.38 bits per heavy atom. The van der Waals surface area contributed by atoms with Crippen molar-refractivity contribution in [3.05, 3.63) is 0 Å². The highest BCUT2D eigenvalue weighted by molar-refractivity contribution is 6.67. The van der Waals surface area contributed by atoms with Crippen molar-refractivity contribution in [3.63, 3.8) is 0 Å². The van der Waals surface area contributed by atoms with Crippen molar-refractivity contribution in [3.8, 4) is 0 Å². The number of ether oxygens (including phenoxy) is 1. The van der Waals surface area contributed by atoms with Crippen LogP contribution in [0.3, 0.4) is 0 Å². The van der Waals surface area contributed by atoms with Crippen molar-refractivity contribution < 1.29 is 24.5 Å². The summed E-state index contributed by atoms with van der Waals surface area (Å²) in [6, 6.07) is 0. The fraction of sp³-hybridized carbons (Fsp3) is 0.600. The van der Waals surface area contributed by atoms with Gasteiger partial charge in [0.2, 0.25) is 9.90 Å². The van der Waals surface area contributed by atoms with Crippen molar-refractivity contribution in [1.82, 2.24) is 0 Å². The highest BCUT2D eigenvalue weighted by Gasteiger charge is 2.28. The second-order valence-corrected chi connectivity index (χ2v) is 4.48. The number of carbonyl (C=O) groups excluding carboxylic acids is 1. The smallest absolute Gasteiger partial charge is 0.346 e. The molecule has 1 atom stereocenters. The van der Waals surface area contributed by atoms with Gasteiger partial charge in [-0.2, -0.15) is 0 Å². The highest BCUT2D eigenvalue weighted by atomic mass is 35.6. The molecule has 0 aromatic rings. The summed E-state index contributed by atoms with van der Waals surface area (Å²) >= 11 is 15.6. The predicted molar refractivity (Wildman–Crippen MR) is 44.9 cm³/mol. The SMILES string of the molecule is O=C(O)C(O)C(=O)OCC(Cl)(Cl)Cl. The number of aliphatic hydroxyl groups excluding tert-OH is 1. The van der Waals surface area contributed by atoms with Crippen molar-refractivity contribution >= 4 is 46.7 Å². The van der Waals surface area contributed by atoms with Crippen molar-refractivity contribution in [2.24, 2.45) is 0 Å². The van der Waals surface area contributed by atoms with Gasteiger partial charge in [0.25, 0.3) is 0 Å². The molecule has 0 aliphatic heterocycles. The van der Waals surface area contributed by atoms with Gasteiger partial charge in [0.05, 0.1) is 0 Å². The molecular weight excluding hydrogens is 246 g/mol. The Morgan fingerprint density at radius 2 is 1.85 bits per heavy atom. The normalized spacial score (nSPS) is 13.5. The zero-order chi connectivity index (χ0) is 10.6. The first-order valence-electron chi connectivity index (χ1n) is 2.88. The van der Waals surface area contributed by atoms with E-state index in [1.165, 1.54) is 0 Å². The Hall–Kier alpha value is -0.230. The molecule has 0 aromatic carbocycles. The van der Waals surface area contributed by atoms with Gasteiger partial charge in [-0.3, -0.25) is 0 Å². The molecule has 0 fully saturated rings. The zero-order valence-corrected chi connectivity index (χ0v) is 8.31. The number of carboxylic acids is 1. The molecule has 0 aliphatic carbocycles. The van der Waals surface area contributed by atoms with E-state index >= 15 is 0 Å². The molecule has 8 heteroatoms. The van der Waals surface area contributed by atoms with E-state index in [1.54, 1.807) is 0 Å². The maximum absolute atomic E-state index is 10.6. The molecule has 0 rings (SSSR count). The highest BCUT2D eigenvalue weighted by Crippen LogP contribution is 2.25. The Kier molecular flexibility index (Phi) is 4.77. The van der Waals surface area contributed by atoms with Crippen LogP contribution in [0.4, 0.5) is 0 Å². The number of alkyl halides is 3. The second kappa shape index (κ2) is 4.85. The lowest BCUT2D eigenvalue weighted by atomic mass is 10.4. The van der Waals surface area contributed by atoms with Crippen LogP contribution < -0.4 is 0 Å². The number of esters is 1. The van der Waals surface area contributed by atoms with E-state index in [9.17, 15) is 9.59 Å². The average molecular weight is 251 g/mol. The van der Waals surface area contributed by atoms with Crippen LogP contribution in [0.25, 0.3) is 0 Å². The molecule has 0 aromatic heterocycles. The van der Waals surface area contributed by atoms with E-state index in [2.05, 4.69) is 4.74 Å². The fourth-order valence-electron chi connectivity index (χ4n) is 0.333. The molecule has 0 aliphatic rings. The number of rotatable bonds is 3. The third-order valence-corrected chi connectivity index (χ3v) is 1.16. The molecule has 1 unspecified atom stereocenters. The van der Waals surface area contributed by atoms with Crippen molar-refractivity contribution in [2.75, 3.05) is 6.61 Å². The minimum atomic E-state index is -2.26. The number of aliphatic carboxylic acids is 1. The summed E-state index contributed by atoms with van der Waals surface area (Å²) in [5.74, 6) is -3.10. The Balaban J connectivity index is 3.96. The topological polar surface area (TPSA) is 83.8 Å². The maximum atomic E-state index is 10.6. The van der Waals surface area contributed by atoms with Gasteiger partial charge in [-0.25, -0.2) is 9.59 Å². The van der Waals surface area contributed by atoms with Crippen LogP contribution in [0.5, 0.6) is 0 Å². The van der Waals surface area contributed by atoms with E-state index in [1.807, 2.05) is 0 Å². The largest absolute Gasteiger partial charge is 0.479 e. The summed E-state index contributed by atoms with van der Waals surface area (Å²) in [5.41, 5.74) is 0. The first-order valence-corrected chi connectivity index (χ1v) is 4.01. The molecule has 0 spiro atoms. The minimum absolute atomic E-state index is 0.624. The minimum Gasteiger partial charge on any atom is -0.479 e. The zero-order valence-electron chi connectivity index (χ0n) is 6.04. The number of carboxylic acid groups (broad SMARTS) is 1. The summed E-state index contributed by atoms with van der Waals surface area (Å²) in [5, 5.41) is 16.7. The number of halogens is 3. The molecule has 2 N–H and O–H groups in total. The Bertz CT molecular complexity index is 211. The Labute approximate surface area is 88.1 Å². The lowest BCUT2D eigenvalue weighted by Gasteiger charge is -2.12. The predicted octanol–water partition coefficient (Wildman–Crippen LogP) is 0.345. The fourth-order valence-corrected chi connectivity index (χ4v) is 0.496. The number of carbonyl (C=O) groups is 2. The van der Waals surface area contributed by atoms with E-state index in [4.69, 9.17) is 45.0 Å². The summed E-state index contributed by atoms with van der Waals surface area (Å²) in [4.78, 5) is 20.6. The van der Waals surface area contributed by atoms with Gasteiger partial charge in [-0.1, -0.05) is 34.8 Å². The van der Waals surface area contributed by atoms with Gasteiger partial charge in [0.1, 0.15) is 6.61 Å². The van der Waals surface area contributed by atoms with E-state index < -0.39 is 28.4 Å². The quantitative estimate of drug-likeness (QED) is 0.429. The van der Waals surface area contributed by atoms with Gasteiger partial charge < -0.3 is 14.9 Å². The van der Waals surface area contributed by atoms with Gasteiger partial charge in [0, 0.05) is 0 Å². The van der Waals surface area contributed by atoms with Crippen molar-refractivity contribution in [2.45, 2.75) is 9.90 Å². The van der Waals surface area contributed by atoms with E-state index in [0.29, 0.717) is 0 Å². The molecule has 13 heavy (non-hydrogen) atoms. The summed E-state index contributed by atoms with van der Waals surface area (Å²) in [7, 11) is 0. The second-order valence-electron chi connectivity index (χ2n) is 1.96. The van der Waals surface area contributed by atoms with Gasteiger partial charge in [-0.05, 0) is 0 Å². The molecule has 76 valence electrons. The Morgan fingerprint density at radius 3 is 2.15 bits per heavy atom. The standard InChI is InChI=1S/C5H5Cl3O5/c6-5(7,8)1-13-4(12)2(9)3(10)11/h2,9H,1H2,(H,10,11). The van der Waals surface area contributed by atoms with Crippen LogP contribution in [-0.2, 0) is 14.3 Å². The molecular formula is C5H5Cl3O5. The molecule has 0 saturated heterocycles. The monoisotopic (exact) mass is 250 g/mol. The first-order chi connectivity index (χ1) is 5.74. The van der Waals surface area contributed by atoms with Crippen LogP contribution >= 0.6 is 34.8 Å². The van der Waals surface area contributed by atoms with Crippen LogP contribution in [-0.4, -0.2) is 38.7 Å². The lowest BCUT2D eigenvalue weighted by Crippen LogP contribution is -2.33. The van der Waals surface area contributed by atoms with Crippen LogP contribution in [0, 0.1) is 0 Å². The molecule has 5 nitrogen and oxygen atoms in total. The van der Waals surface area contributed by atoms with Crippen LogP contribution in [0.1, 0.15) is 0 Å².